The molecule has 5 heteroatoms. The number of nitrogens with zero attached hydrogens (tertiary/aromatic N) is 2. The first-order valence-electron chi connectivity index (χ1n) is 6.57. The maximum atomic E-state index is 5.43. The number of halogens is 1. The Morgan fingerprint density at radius 2 is 1.95 bits per heavy atom. The van der Waals surface area contributed by atoms with Crippen LogP contribution in [0.25, 0.3) is 21.8 Å². The molecular formula is C16H13BrN2OS. The Balaban J connectivity index is 1.91. The number of hydrogen-bond donors (Lipinski definition) is 0. The summed E-state index contributed by atoms with van der Waals surface area (Å²) in [5, 5.41) is 3.04. The molecule has 0 atom stereocenters. The number of hydrogen-bond acceptors (Lipinski definition) is 4. The minimum absolute atomic E-state index is 0.610. The molecule has 0 aliphatic rings. The van der Waals surface area contributed by atoms with E-state index in [2.05, 4.69) is 38.4 Å². The van der Waals surface area contributed by atoms with Gasteiger partial charge in [0, 0.05) is 33.2 Å². The predicted molar refractivity (Wildman–Crippen MR) is 89.7 cm³/mol. The second kappa shape index (κ2) is 6.37. The molecule has 21 heavy (non-hydrogen) atoms. The van der Waals surface area contributed by atoms with Gasteiger partial charge in [-0.25, -0.2) is 9.97 Å². The highest BCUT2D eigenvalue weighted by Crippen LogP contribution is 2.30. The minimum atomic E-state index is 0.610. The van der Waals surface area contributed by atoms with Gasteiger partial charge in [0.2, 0.25) is 5.88 Å². The summed E-state index contributed by atoms with van der Waals surface area (Å²) in [6, 6.07) is 12.0. The van der Waals surface area contributed by atoms with Gasteiger partial charge in [-0.3, -0.25) is 0 Å². The first-order valence-corrected chi connectivity index (χ1v) is 8.24. The molecule has 0 unspecified atom stereocenters. The quantitative estimate of drug-likeness (QED) is 0.654. The summed E-state index contributed by atoms with van der Waals surface area (Å²) in [4.78, 5) is 8.88. The lowest BCUT2D eigenvalue weighted by molar-refractivity contribution is 0.327. The van der Waals surface area contributed by atoms with Crippen molar-refractivity contribution < 1.29 is 4.74 Å². The summed E-state index contributed by atoms with van der Waals surface area (Å²) in [5.74, 6) is 0.635. The van der Waals surface area contributed by atoms with E-state index in [-0.39, 0.29) is 0 Å². The van der Waals surface area contributed by atoms with Crippen molar-refractivity contribution in [3.05, 3.63) is 52.4 Å². The first-order chi connectivity index (χ1) is 10.3. The molecule has 2 heterocycles. The molecule has 3 rings (SSSR count). The van der Waals surface area contributed by atoms with E-state index in [4.69, 9.17) is 9.72 Å². The zero-order valence-corrected chi connectivity index (χ0v) is 13.8. The third-order valence-corrected chi connectivity index (χ3v) is 4.34. The molecule has 0 aliphatic carbocycles. The van der Waals surface area contributed by atoms with Gasteiger partial charge in [0.15, 0.2) is 0 Å². The lowest BCUT2D eigenvalue weighted by atomic mass is 10.2. The maximum absolute atomic E-state index is 5.43. The molecule has 3 nitrogen and oxygen atoms in total. The van der Waals surface area contributed by atoms with E-state index in [0.29, 0.717) is 12.5 Å². The molecular weight excluding hydrogens is 348 g/mol. The topological polar surface area (TPSA) is 35.0 Å². The average molecular weight is 361 g/mol. The monoisotopic (exact) mass is 360 g/mol. The zero-order chi connectivity index (χ0) is 14.7. The summed E-state index contributed by atoms with van der Waals surface area (Å²) >= 11 is 5.07. The van der Waals surface area contributed by atoms with Crippen LogP contribution in [0, 0.1) is 0 Å². The van der Waals surface area contributed by atoms with E-state index in [1.54, 1.807) is 17.5 Å². The highest BCUT2D eigenvalue weighted by molar-refractivity contribution is 9.10. The SMILES string of the molecule is CCOc1cc(-c2nc(-c3ccc(Br)cc3)cs2)ccn1. The van der Waals surface area contributed by atoms with Crippen molar-refractivity contribution in [2.45, 2.75) is 6.92 Å². The lowest BCUT2D eigenvalue weighted by Gasteiger charge is -2.02. The van der Waals surface area contributed by atoms with E-state index in [0.717, 1.165) is 26.3 Å². The molecule has 0 saturated carbocycles. The molecule has 0 fully saturated rings. The highest BCUT2D eigenvalue weighted by Gasteiger charge is 2.08. The molecule has 3 aromatic rings. The van der Waals surface area contributed by atoms with Crippen molar-refractivity contribution in [1.82, 2.24) is 9.97 Å². The molecule has 0 radical (unpaired) electrons. The average Bonchev–Trinajstić information content (AvgIpc) is 2.98. The first kappa shape index (κ1) is 14.2. The van der Waals surface area contributed by atoms with Crippen LogP contribution in [0.4, 0.5) is 0 Å². The van der Waals surface area contributed by atoms with Gasteiger partial charge in [0.25, 0.3) is 0 Å². The van der Waals surface area contributed by atoms with Crippen LogP contribution < -0.4 is 4.74 Å². The molecule has 0 amide bonds. The Bertz CT molecular complexity index is 740. The normalized spacial score (nSPS) is 10.6. The Labute approximate surface area is 135 Å². The fourth-order valence-corrected chi connectivity index (χ4v) is 3.02. The fraction of sp³-hybridized carbons (Fsp3) is 0.125. The summed E-state index contributed by atoms with van der Waals surface area (Å²) in [5.41, 5.74) is 3.12. The van der Waals surface area contributed by atoms with Gasteiger partial charge in [0.05, 0.1) is 12.3 Å². The second-order valence-corrected chi connectivity index (χ2v) is 6.13. The van der Waals surface area contributed by atoms with Gasteiger partial charge < -0.3 is 4.74 Å². The fourth-order valence-electron chi connectivity index (χ4n) is 1.93. The summed E-state index contributed by atoms with van der Waals surface area (Å²) in [7, 11) is 0. The Morgan fingerprint density at radius 1 is 1.14 bits per heavy atom. The van der Waals surface area contributed by atoms with Crippen LogP contribution in [0.5, 0.6) is 5.88 Å². The van der Waals surface area contributed by atoms with Gasteiger partial charge in [-0.05, 0) is 25.1 Å². The van der Waals surface area contributed by atoms with Crippen molar-refractivity contribution in [3.8, 4) is 27.7 Å². The van der Waals surface area contributed by atoms with Gasteiger partial charge in [-0.2, -0.15) is 0 Å². The van der Waals surface area contributed by atoms with Crippen LogP contribution in [0.15, 0.2) is 52.4 Å². The van der Waals surface area contributed by atoms with Gasteiger partial charge in [0.1, 0.15) is 5.01 Å². The highest BCUT2D eigenvalue weighted by atomic mass is 79.9. The smallest absolute Gasteiger partial charge is 0.213 e. The molecule has 0 aliphatic heterocycles. The molecule has 0 spiro atoms. The Kier molecular flexibility index (Phi) is 4.31. The number of benzene rings is 1. The van der Waals surface area contributed by atoms with Crippen LogP contribution >= 0.6 is 27.3 Å². The molecule has 0 N–H and O–H groups in total. The third kappa shape index (κ3) is 3.31. The second-order valence-electron chi connectivity index (χ2n) is 4.36. The van der Waals surface area contributed by atoms with Gasteiger partial charge in [-0.1, -0.05) is 28.1 Å². The van der Waals surface area contributed by atoms with Crippen molar-refractivity contribution in [3.63, 3.8) is 0 Å². The molecule has 2 aromatic heterocycles. The summed E-state index contributed by atoms with van der Waals surface area (Å²) in [6.45, 7) is 2.56. The maximum Gasteiger partial charge on any atom is 0.213 e. The van der Waals surface area contributed by atoms with Crippen molar-refractivity contribution in [1.29, 1.82) is 0 Å². The number of aromatic nitrogens is 2. The molecule has 0 bridgehead atoms. The number of ether oxygens (including phenoxy) is 1. The standard InChI is InChI=1S/C16H13BrN2OS/c1-2-20-15-9-12(7-8-18-15)16-19-14(10-21-16)11-3-5-13(17)6-4-11/h3-10H,2H2,1H3. The summed E-state index contributed by atoms with van der Waals surface area (Å²) < 4.78 is 6.50. The van der Waals surface area contributed by atoms with Crippen molar-refractivity contribution in [2.75, 3.05) is 6.61 Å². The largest absolute Gasteiger partial charge is 0.478 e. The molecule has 1 aromatic carbocycles. The predicted octanol–water partition coefficient (Wildman–Crippen LogP) is 5.03. The zero-order valence-electron chi connectivity index (χ0n) is 11.4. The van der Waals surface area contributed by atoms with E-state index >= 15 is 0 Å². The Morgan fingerprint density at radius 3 is 2.71 bits per heavy atom. The number of rotatable bonds is 4. The van der Waals surface area contributed by atoms with Crippen LogP contribution in [0.1, 0.15) is 6.92 Å². The molecule has 106 valence electrons. The van der Waals surface area contributed by atoms with Gasteiger partial charge in [-0.15, -0.1) is 11.3 Å². The van der Waals surface area contributed by atoms with E-state index in [1.165, 1.54) is 0 Å². The van der Waals surface area contributed by atoms with Crippen molar-refractivity contribution >= 4 is 27.3 Å². The third-order valence-electron chi connectivity index (χ3n) is 2.92. The van der Waals surface area contributed by atoms with Crippen LogP contribution in [-0.2, 0) is 0 Å². The molecule has 0 saturated heterocycles. The van der Waals surface area contributed by atoms with Crippen LogP contribution in [0.3, 0.4) is 0 Å². The van der Waals surface area contributed by atoms with Gasteiger partial charge >= 0.3 is 0 Å². The minimum Gasteiger partial charge on any atom is -0.478 e. The van der Waals surface area contributed by atoms with Crippen molar-refractivity contribution in [2.24, 2.45) is 0 Å². The van der Waals surface area contributed by atoms with E-state index in [1.807, 2.05) is 31.2 Å². The van der Waals surface area contributed by atoms with Crippen LogP contribution in [0.2, 0.25) is 0 Å². The Hall–Kier alpha value is -1.72. The lowest BCUT2D eigenvalue weighted by Crippen LogP contribution is -1.93. The summed E-state index contributed by atoms with van der Waals surface area (Å²) in [6.07, 6.45) is 1.75. The number of pyridine rings is 1. The van der Waals surface area contributed by atoms with Crippen LogP contribution in [-0.4, -0.2) is 16.6 Å². The number of thiazole rings is 1. The van der Waals surface area contributed by atoms with E-state index in [9.17, 15) is 0 Å². The van der Waals surface area contributed by atoms with E-state index < -0.39 is 0 Å².